The third-order valence-corrected chi connectivity index (χ3v) is 5.03. The Kier molecular flexibility index (Phi) is 1.91. The molecule has 2 saturated carbocycles. The van der Waals surface area contributed by atoms with Crippen molar-refractivity contribution in [3.8, 4) is 0 Å². The van der Waals surface area contributed by atoms with E-state index in [1.165, 1.54) is 5.57 Å². The highest BCUT2D eigenvalue weighted by Gasteiger charge is 2.76. The number of rotatable bonds is 2. The summed E-state index contributed by atoms with van der Waals surface area (Å²) in [7, 11) is 0. The van der Waals surface area contributed by atoms with Crippen molar-refractivity contribution in [1.82, 2.24) is 0 Å². The quantitative estimate of drug-likeness (QED) is 0.561. The Morgan fingerprint density at radius 2 is 2.12 bits per heavy atom. The van der Waals surface area contributed by atoms with E-state index in [0.717, 1.165) is 31.4 Å². The first kappa shape index (κ1) is 10.9. The van der Waals surface area contributed by atoms with Crippen LogP contribution in [0.5, 0.6) is 0 Å². The van der Waals surface area contributed by atoms with Gasteiger partial charge in [-0.3, -0.25) is 4.99 Å². The predicted octanol–water partition coefficient (Wildman–Crippen LogP) is 1.87. The minimum absolute atomic E-state index is 0.0734. The topological polar surface area (TPSA) is 64.4 Å². The van der Waals surface area contributed by atoms with Gasteiger partial charge in [0.2, 0.25) is 0 Å². The third-order valence-electron chi connectivity index (χ3n) is 5.03. The Balaban J connectivity index is 2.17. The summed E-state index contributed by atoms with van der Waals surface area (Å²) in [6.07, 6.45) is 10.2. The van der Waals surface area contributed by atoms with E-state index >= 15 is 0 Å². The second kappa shape index (κ2) is 2.98. The van der Waals surface area contributed by atoms with E-state index in [-0.39, 0.29) is 10.8 Å². The number of hydrogen-bond acceptors (Lipinski definition) is 3. The molecule has 3 nitrogen and oxygen atoms in total. The fourth-order valence-electron chi connectivity index (χ4n) is 4.10. The largest absolute Gasteiger partial charge is 0.313 e. The van der Waals surface area contributed by atoms with Crippen LogP contribution in [-0.4, -0.2) is 12.4 Å². The first-order chi connectivity index (χ1) is 8.03. The number of allylic oxidation sites excluding steroid dienone is 3. The van der Waals surface area contributed by atoms with Gasteiger partial charge < -0.3 is 11.5 Å². The second-order valence-electron chi connectivity index (χ2n) is 5.62. The number of nitrogens with zero attached hydrogens (tertiary/aromatic N) is 1. The van der Waals surface area contributed by atoms with E-state index in [0.29, 0.717) is 0 Å². The maximum absolute atomic E-state index is 6.33. The molecule has 2 atom stereocenters. The van der Waals surface area contributed by atoms with Crippen molar-refractivity contribution in [3.63, 3.8) is 0 Å². The summed E-state index contributed by atoms with van der Waals surface area (Å²) in [4.78, 5) is 4.10. The summed E-state index contributed by atoms with van der Waals surface area (Å²) in [5, 5.41) is 0. The molecule has 17 heavy (non-hydrogen) atoms. The fourth-order valence-corrected chi connectivity index (χ4v) is 4.10. The van der Waals surface area contributed by atoms with E-state index in [4.69, 9.17) is 11.5 Å². The first-order valence-corrected chi connectivity index (χ1v) is 6.14. The number of nitrogens with two attached hydrogens (primary N) is 2. The van der Waals surface area contributed by atoms with E-state index in [1.807, 2.05) is 12.2 Å². The van der Waals surface area contributed by atoms with Crippen LogP contribution in [0.25, 0.3) is 0 Å². The smallest absolute Gasteiger partial charge is 0.0739 e. The van der Waals surface area contributed by atoms with Crippen LogP contribution in [0, 0.1) is 10.8 Å². The zero-order chi connectivity index (χ0) is 12.3. The van der Waals surface area contributed by atoms with E-state index in [1.54, 1.807) is 0 Å². The molecule has 3 aliphatic rings. The first-order valence-electron chi connectivity index (χ1n) is 6.14. The Bertz CT molecular complexity index is 472. The molecule has 0 aromatic rings. The van der Waals surface area contributed by atoms with Gasteiger partial charge in [-0.2, -0.15) is 0 Å². The molecule has 0 aromatic carbocycles. The van der Waals surface area contributed by atoms with Crippen molar-refractivity contribution in [3.05, 3.63) is 36.1 Å². The normalized spacial score (nSPS) is 41.5. The molecule has 3 rings (SSSR count). The molecule has 2 fully saturated rings. The van der Waals surface area contributed by atoms with Gasteiger partial charge in [0.25, 0.3) is 0 Å². The van der Waals surface area contributed by atoms with E-state index < -0.39 is 5.66 Å². The minimum atomic E-state index is -0.595. The molecule has 90 valence electrons. The molecule has 0 radical (unpaired) electrons. The van der Waals surface area contributed by atoms with Crippen LogP contribution in [0.3, 0.4) is 0 Å². The van der Waals surface area contributed by atoms with Crippen LogP contribution in [0.2, 0.25) is 0 Å². The lowest BCUT2D eigenvalue weighted by atomic mass is 9.67. The fraction of sp³-hybridized carbons (Fsp3) is 0.500. The number of aliphatic imine (C=N–C) groups is 1. The average molecular weight is 229 g/mol. The van der Waals surface area contributed by atoms with Gasteiger partial charge in [0.15, 0.2) is 0 Å². The Labute approximate surface area is 102 Å². The molecule has 0 amide bonds. The lowest BCUT2D eigenvalue weighted by Crippen LogP contribution is -2.60. The Morgan fingerprint density at radius 3 is 2.76 bits per heavy atom. The standard InChI is InChI=1S/C14H19N3/c1-3-10-11(17-2)5-8-13-9-12(10,13)6-4-7-14(13,15)16/h3,5,8H,1-2,4,6-7,9,15-16H2. The lowest BCUT2D eigenvalue weighted by molar-refractivity contribution is 0.180. The van der Waals surface area contributed by atoms with Crippen LogP contribution in [0.4, 0.5) is 0 Å². The van der Waals surface area contributed by atoms with Crippen LogP contribution in [0.15, 0.2) is 41.1 Å². The van der Waals surface area contributed by atoms with Crippen LogP contribution in [0.1, 0.15) is 25.7 Å². The van der Waals surface area contributed by atoms with Crippen molar-refractivity contribution in [1.29, 1.82) is 0 Å². The number of hydrogen-bond donors (Lipinski definition) is 2. The monoisotopic (exact) mass is 229 g/mol. The zero-order valence-electron chi connectivity index (χ0n) is 10.1. The van der Waals surface area contributed by atoms with Gasteiger partial charge in [-0.1, -0.05) is 18.7 Å². The molecule has 3 heteroatoms. The lowest BCUT2D eigenvalue weighted by Gasteiger charge is -2.43. The highest BCUT2D eigenvalue weighted by atomic mass is 15.1. The van der Waals surface area contributed by atoms with Gasteiger partial charge in [0, 0.05) is 10.8 Å². The second-order valence-corrected chi connectivity index (χ2v) is 5.62. The van der Waals surface area contributed by atoms with Gasteiger partial charge >= 0.3 is 0 Å². The zero-order valence-corrected chi connectivity index (χ0v) is 10.1. The van der Waals surface area contributed by atoms with Crippen LogP contribution >= 0.6 is 0 Å². The summed E-state index contributed by atoms with van der Waals surface area (Å²) in [5.74, 6) is 0. The summed E-state index contributed by atoms with van der Waals surface area (Å²) >= 11 is 0. The van der Waals surface area contributed by atoms with Gasteiger partial charge in [0.1, 0.15) is 0 Å². The molecular weight excluding hydrogens is 210 g/mol. The molecule has 0 aliphatic heterocycles. The Morgan fingerprint density at radius 1 is 1.35 bits per heavy atom. The van der Waals surface area contributed by atoms with E-state index in [2.05, 4.69) is 24.4 Å². The molecule has 0 saturated heterocycles. The molecule has 0 bridgehead atoms. The highest BCUT2D eigenvalue weighted by Crippen LogP contribution is 2.78. The van der Waals surface area contributed by atoms with E-state index in [9.17, 15) is 0 Å². The average Bonchev–Trinajstić information content (AvgIpc) is 2.98. The maximum atomic E-state index is 6.33. The van der Waals surface area contributed by atoms with Crippen molar-refractivity contribution >= 4 is 6.72 Å². The Hall–Kier alpha value is -1.19. The van der Waals surface area contributed by atoms with Crippen LogP contribution < -0.4 is 11.5 Å². The summed E-state index contributed by atoms with van der Waals surface area (Å²) in [6.45, 7) is 7.56. The molecule has 0 spiro atoms. The van der Waals surface area contributed by atoms with Gasteiger partial charge in [-0.15, -0.1) is 0 Å². The SMILES string of the molecule is C=CC1=C(N=C)C=CC23CC12CCCC3(N)N. The van der Waals surface area contributed by atoms with Crippen molar-refractivity contribution < 1.29 is 0 Å². The highest BCUT2D eigenvalue weighted by molar-refractivity contribution is 5.55. The molecule has 0 heterocycles. The maximum Gasteiger partial charge on any atom is 0.0739 e. The van der Waals surface area contributed by atoms with Gasteiger partial charge in [-0.25, -0.2) is 0 Å². The van der Waals surface area contributed by atoms with Crippen molar-refractivity contribution in [2.75, 3.05) is 0 Å². The molecule has 0 aromatic heterocycles. The molecule has 3 aliphatic carbocycles. The third kappa shape index (κ3) is 1.02. The minimum Gasteiger partial charge on any atom is -0.313 e. The van der Waals surface area contributed by atoms with Gasteiger partial charge in [-0.05, 0) is 44.0 Å². The summed E-state index contributed by atoms with van der Waals surface area (Å²) in [6, 6.07) is 0. The predicted molar refractivity (Wildman–Crippen MR) is 70.4 cm³/mol. The van der Waals surface area contributed by atoms with Crippen molar-refractivity contribution in [2.24, 2.45) is 27.3 Å². The summed E-state index contributed by atoms with van der Waals surface area (Å²) < 4.78 is 0. The molecule has 2 unspecified atom stereocenters. The summed E-state index contributed by atoms with van der Waals surface area (Å²) in [5.41, 5.74) is 14.2. The van der Waals surface area contributed by atoms with Gasteiger partial charge in [0.05, 0.1) is 11.4 Å². The van der Waals surface area contributed by atoms with Crippen molar-refractivity contribution in [2.45, 2.75) is 31.3 Å². The molecule has 4 N–H and O–H groups in total. The molecular formula is C14H19N3. The van der Waals surface area contributed by atoms with Crippen LogP contribution in [-0.2, 0) is 0 Å².